The van der Waals surface area contributed by atoms with E-state index in [1.165, 1.54) is 12.1 Å². The Labute approximate surface area is 95.7 Å². The number of carbonyl (C=O) groups is 1. The highest BCUT2D eigenvalue weighted by Gasteiger charge is 2.12. The summed E-state index contributed by atoms with van der Waals surface area (Å²) >= 11 is 0. The van der Waals surface area contributed by atoms with E-state index in [2.05, 4.69) is 5.10 Å². The third kappa shape index (κ3) is 1.63. The number of nitrogen functional groups attached to an aromatic ring is 1. The number of aromatic amines is 1. The summed E-state index contributed by atoms with van der Waals surface area (Å²) in [4.78, 5) is 35.2. The van der Waals surface area contributed by atoms with Gasteiger partial charge in [0, 0.05) is 12.1 Å². The number of H-pyrrole nitrogens is 1. The minimum Gasteiger partial charge on any atom is -0.398 e. The number of nitrogens with zero attached hydrogens (tertiary/aromatic N) is 1. The van der Waals surface area contributed by atoms with Crippen LogP contribution in [0.15, 0.2) is 27.8 Å². The maximum absolute atomic E-state index is 11.9. The van der Waals surface area contributed by atoms with Crippen LogP contribution in [0.4, 0.5) is 5.69 Å². The quantitative estimate of drug-likeness (QED) is 0.693. The van der Waals surface area contributed by atoms with Crippen LogP contribution in [0.25, 0.3) is 10.8 Å². The molecule has 2 aromatic rings. The van der Waals surface area contributed by atoms with Gasteiger partial charge in [-0.15, -0.1) is 0 Å². The van der Waals surface area contributed by atoms with Gasteiger partial charge in [-0.3, -0.25) is 19.5 Å². The van der Waals surface area contributed by atoms with Gasteiger partial charge in [-0.05, 0) is 12.1 Å². The molecular weight excluding hydrogens is 222 g/mol. The minimum atomic E-state index is -0.557. The lowest BCUT2D eigenvalue weighted by molar-refractivity contribution is 0.0886. The van der Waals surface area contributed by atoms with Crippen molar-refractivity contribution in [2.45, 2.75) is 13.3 Å². The highest BCUT2D eigenvalue weighted by Crippen LogP contribution is 2.12. The summed E-state index contributed by atoms with van der Waals surface area (Å²) in [6.07, 6.45) is 0.129. The Morgan fingerprint density at radius 3 is 2.76 bits per heavy atom. The van der Waals surface area contributed by atoms with Crippen LogP contribution in [0.3, 0.4) is 0 Å². The van der Waals surface area contributed by atoms with Crippen LogP contribution in [0.2, 0.25) is 0 Å². The third-order valence-corrected chi connectivity index (χ3v) is 2.52. The predicted octanol–water partition coefficient (Wildman–Crippen LogP) is 0.322. The van der Waals surface area contributed by atoms with Crippen LogP contribution in [0.1, 0.15) is 18.1 Å². The number of aromatic nitrogens is 2. The molecule has 0 radical (unpaired) electrons. The summed E-state index contributed by atoms with van der Waals surface area (Å²) in [5, 5.41) is 2.50. The van der Waals surface area contributed by atoms with Crippen molar-refractivity contribution in [3.05, 3.63) is 38.9 Å². The number of fused-ring (bicyclic) bond motifs is 1. The molecule has 1 aromatic carbocycles. The van der Waals surface area contributed by atoms with Gasteiger partial charge in [-0.25, -0.2) is 0 Å². The Kier molecular flexibility index (Phi) is 2.55. The lowest BCUT2D eigenvalue weighted by Crippen LogP contribution is -2.34. The Hall–Kier alpha value is -2.37. The van der Waals surface area contributed by atoms with Crippen LogP contribution in [-0.4, -0.2) is 15.7 Å². The first-order valence-corrected chi connectivity index (χ1v) is 5.13. The molecule has 0 amide bonds. The number of nitrogens with one attached hydrogen (secondary N) is 1. The molecule has 1 heterocycles. The summed E-state index contributed by atoms with van der Waals surface area (Å²) in [6, 6.07) is 4.57. The first-order valence-electron chi connectivity index (χ1n) is 5.13. The van der Waals surface area contributed by atoms with E-state index in [1.807, 2.05) is 0 Å². The molecule has 0 aliphatic rings. The molecule has 0 fully saturated rings. The highest BCUT2D eigenvalue weighted by atomic mass is 16.2. The summed E-state index contributed by atoms with van der Waals surface area (Å²) in [5.41, 5.74) is 4.75. The zero-order valence-electron chi connectivity index (χ0n) is 9.19. The normalized spacial score (nSPS) is 10.6. The van der Waals surface area contributed by atoms with Crippen LogP contribution in [-0.2, 0) is 0 Å². The molecule has 0 aliphatic carbocycles. The number of benzene rings is 1. The van der Waals surface area contributed by atoms with Gasteiger partial charge in [0.1, 0.15) is 0 Å². The van der Waals surface area contributed by atoms with Crippen molar-refractivity contribution in [2.75, 3.05) is 5.73 Å². The zero-order chi connectivity index (χ0) is 12.6. The van der Waals surface area contributed by atoms with Crippen molar-refractivity contribution < 1.29 is 4.79 Å². The van der Waals surface area contributed by atoms with Crippen molar-refractivity contribution in [2.24, 2.45) is 0 Å². The molecule has 88 valence electrons. The van der Waals surface area contributed by atoms with Crippen molar-refractivity contribution in [3.63, 3.8) is 0 Å². The first-order chi connectivity index (χ1) is 8.06. The Morgan fingerprint density at radius 2 is 2.12 bits per heavy atom. The highest BCUT2D eigenvalue weighted by molar-refractivity contribution is 5.92. The van der Waals surface area contributed by atoms with Gasteiger partial charge < -0.3 is 5.73 Å². The van der Waals surface area contributed by atoms with E-state index < -0.39 is 17.0 Å². The van der Waals surface area contributed by atoms with Gasteiger partial charge in [0.05, 0.1) is 10.8 Å². The molecule has 2 rings (SSSR count). The first kappa shape index (κ1) is 11.1. The number of carbonyl (C=O) groups excluding carboxylic acids is 1. The summed E-state index contributed by atoms with van der Waals surface area (Å²) in [5.74, 6) is -0.462. The van der Waals surface area contributed by atoms with Crippen molar-refractivity contribution in [1.82, 2.24) is 9.78 Å². The topological polar surface area (TPSA) is 97.9 Å². The van der Waals surface area contributed by atoms with Crippen molar-refractivity contribution in [3.8, 4) is 0 Å². The van der Waals surface area contributed by atoms with Gasteiger partial charge in [0.25, 0.3) is 11.1 Å². The van der Waals surface area contributed by atoms with Gasteiger partial charge in [0.2, 0.25) is 5.91 Å². The van der Waals surface area contributed by atoms with Crippen LogP contribution < -0.4 is 16.9 Å². The second-order valence-electron chi connectivity index (χ2n) is 3.60. The van der Waals surface area contributed by atoms with Crippen molar-refractivity contribution >= 4 is 22.4 Å². The summed E-state index contributed by atoms with van der Waals surface area (Å²) < 4.78 is 0.726. The Balaban J connectivity index is 2.97. The molecule has 0 atom stereocenters. The minimum absolute atomic E-state index is 0.123. The monoisotopic (exact) mass is 233 g/mol. The van der Waals surface area contributed by atoms with Gasteiger partial charge in [-0.2, -0.15) is 4.68 Å². The molecule has 0 spiro atoms. The number of nitrogens with two attached hydrogens (primary N) is 1. The van der Waals surface area contributed by atoms with E-state index in [-0.39, 0.29) is 22.9 Å². The Morgan fingerprint density at radius 1 is 1.41 bits per heavy atom. The molecule has 0 unspecified atom stereocenters. The lowest BCUT2D eigenvalue weighted by atomic mass is 10.1. The second-order valence-corrected chi connectivity index (χ2v) is 3.60. The van der Waals surface area contributed by atoms with Gasteiger partial charge in [-0.1, -0.05) is 13.0 Å². The van der Waals surface area contributed by atoms with Gasteiger partial charge in [0.15, 0.2) is 0 Å². The second kappa shape index (κ2) is 3.89. The molecule has 0 saturated heterocycles. The molecule has 0 bridgehead atoms. The average molecular weight is 233 g/mol. The lowest BCUT2D eigenvalue weighted by Gasteiger charge is -2.05. The van der Waals surface area contributed by atoms with E-state index in [0.717, 1.165) is 4.68 Å². The molecule has 1 aromatic heterocycles. The molecule has 0 aliphatic heterocycles. The van der Waals surface area contributed by atoms with E-state index in [4.69, 9.17) is 5.73 Å². The van der Waals surface area contributed by atoms with E-state index in [1.54, 1.807) is 13.0 Å². The van der Waals surface area contributed by atoms with Crippen molar-refractivity contribution in [1.29, 1.82) is 0 Å². The third-order valence-electron chi connectivity index (χ3n) is 2.52. The molecule has 17 heavy (non-hydrogen) atoms. The van der Waals surface area contributed by atoms with E-state index in [9.17, 15) is 14.4 Å². The van der Waals surface area contributed by atoms with Crippen LogP contribution in [0.5, 0.6) is 0 Å². The summed E-state index contributed by atoms with van der Waals surface area (Å²) in [6.45, 7) is 1.61. The molecular formula is C11H11N3O3. The SMILES string of the molecule is CCC(=O)n1[nH]c(=O)c2c(N)cccc2c1=O. The molecule has 3 N–H and O–H groups in total. The zero-order valence-corrected chi connectivity index (χ0v) is 9.19. The number of rotatable bonds is 1. The smallest absolute Gasteiger partial charge is 0.280 e. The predicted molar refractivity (Wildman–Crippen MR) is 64.2 cm³/mol. The van der Waals surface area contributed by atoms with E-state index in [0.29, 0.717) is 0 Å². The fourth-order valence-corrected chi connectivity index (χ4v) is 1.66. The fraction of sp³-hybridized carbons (Fsp3) is 0.182. The largest absolute Gasteiger partial charge is 0.398 e. The van der Waals surface area contributed by atoms with Gasteiger partial charge >= 0.3 is 0 Å². The number of anilines is 1. The number of hydrogen-bond acceptors (Lipinski definition) is 4. The van der Waals surface area contributed by atoms with Crippen LogP contribution >= 0.6 is 0 Å². The number of hydrogen-bond donors (Lipinski definition) is 2. The van der Waals surface area contributed by atoms with Crippen LogP contribution in [0, 0.1) is 0 Å². The van der Waals surface area contributed by atoms with E-state index >= 15 is 0 Å². The maximum atomic E-state index is 11.9. The molecule has 6 heteroatoms. The Bertz CT molecular complexity index is 712. The fourth-order valence-electron chi connectivity index (χ4n) is 1.66. The standard InChI is InChI=1S/C11H11N3O3/c1-2-8(15)14-11(17)6-4-3-5-7(12)9(6)10(16)13-14/h3-5H,2,12H2,1H3,(H,13,16). The summed E-state index contributed by atoms with van der Waals surface area (Å²) in [7, 11) is 0. The molecule has 6 nitrogen and oxygen atoms in total. The molecule has 0 saturated carbocycles. The average Bonchev–Trinajstić information content (AvgIpc) is 2.32. The maximum Gasteiger partial charge on any atom is 0.280 e.